The van der Waals surface area contributed by atoms with Crippen LogP contribution in [0.4, 0.5) is 8.78 Å². The molecule has 1 amide bonds. The van der Waals surface area contributed by atoms with Gasteiger partial charge in [0.2, 0.25) is 0 Å². The molecule has 1 heterocycles. The summed E-state index contributed by atoms with van der Waals surface area (Å²) in [6, 6.07) is 2.74. The van der Waals surface area contributed by atoms with E-state index in [4.69, 9.17) is 0 Å². The van der Waals surface area contributed by atoms with Crippen LogP contribution in [0.5, 0.6) is 0 Å². The normalized spacial score (nSPS) is 10.4. The second-order valence-electron chi connectivity index (χ2n) is 4.05. The number of carbonyl (C=O) groups excluding carboxylic acids is 1. The molecule has 4 nitrogen and oxygen atoms in total. The summed E-state index contributed by atoms with van der Waals surface area (Å²) in [4.78, 5) is 18.6. The van der Waals surface area contributed by atoms with E-state index >= 15 is 0 Å². The average Bonchev–Trinajstić information content (AvgIpc) is 2.86. The van der Waals surface area contributed by atoms with E-state index < -0.39 is 17.5 Å². The van der Waals surface area contributed by atoms with E-state index in [0.29, 0.717) is 19.4 Å². The minimum Gasteiger partial charge on any atom is -0.352 e. The molecule has 0 saturated carbocycles. The molecule has 19 heavy (non-hydrogen) atoms. The molecule has 0 radical (unpaired) electrons. The Hall–Kier alpha value is -2.24. The lowest BCUT2D eigenvalue weighted by Gasteiger charge is -2.05. The second kappa shape index (κ2) is 6.08. The van der Waals surface area contributed by atoms with Crippen molar-refractivity contribution < 1.29 is 13.6 Å². The highest BCUT2D eigenvalue weighted by Gasteiger charge is 2.08. The van der Waals surface area contributed by atoms with Crippen LogP contribution in [-0.2, 0) is 6.42 Å². The average molecular weight is 265 g/mol. The number of rotatable bonds is 5. The molecule has 0 aliphatic rings. The Morgan fingerprint density at radius 3 is 2.63 bits per heavy atom. The summed E-state index contributed by atoms with van der Waals surface area (Å²) in [5.41, 5.74) is -0.0181. The molecule has 1 aromatic carbocycles. The highest BCUT2D eigenvalue weighted by molar-refractivity contribution is 5.94. The molecular formula is C13H13F2N3O. The van der Waals surface area contributed by atoms with Gasteiger partial charge in [-0.15, -0.1) is 0 Å². The van der Waals surface area contributed by atoms with Crippen molar-refractivity contribution in [3.8, 4) is 0 Å². The summed E-state index contributed by atoms with van der Waals surface area (Å²) < 4.78 is 25.9. The molecule has 1 aromatic heterocycles. The first kappa shape index (κ1) is 13.2. The number of carbonyl (C=O) groups is 1. The van der Waals surface area contributed by atoms with Crippen molar-refractivity contribution in [2.24, 2.45) is 0 Å². The highest BCUT2D eigenvalue weighted by Crippen LogP contribution is 2.07. The van der Waals surface area contributed by atoms with E-state index in [-0.39, 0.29) is 5.56 Å². The van der Waals surface area contributed by atoms with Gasteiger partial charge in [0, 0.05) is 37.0 Å². The molecule has 6 heteroatoms. The van der Waals surface area contributed by atoms with E-state index in [2.05, 4.69) is 15.3 Å². The molecule has 0 aliphatic heterocycles. The zero-order valence-electron chi connectivity index (χ0n) is 10.1. The Labute approximate surface area is 108 Å². The fraction of sp³-hybridized carbons (Fsp3) is 0.231. The lowest BCUT2D eigenvalue weighted by Crippen LogP contribution is -2.25. The number of aromatic amines is 1. The third kappa shape index (κ3) is 3.87. The number of aryl methyl sites for hydroxylation is 1. The van der Waals surface area contributed by atoms with Gasteiger partial charge in [-0.2, -0.15) is 0 Å². The minimum absolute atomic E-state index is 0.0181. The van der Waals surface area contributed by atoms with Crippen LogP contribution in [0.3, 0.4) is 0 Å². The number of nitrogens with one attached hydrogen (secondary N) is 2. The molecule has 100 valence electrons. The number of H-pyrrole nitrogens is 1. The fourth-order valence-electron chi connectivity index (χ4n) is 1.68. The quantitative estimate of drug-likeness (QED) is 0.813. The van der Waals surface area contributed by atoms with E-state index in [0.717, 1.165) is 24.0 Å². The first-order chi connectivity index (χ1) is 9.15. The molecule has 0 aliphatic carbocycles. The highest BCUT2D eigenvalue weighted by atomic mass is 19.1. The molecular weight excluding hydrogens is 252 g/mol. The van der Waals surface area contributed by atoms with Crippen LogP contribution in [0.25, 0.3) is 0 Å². The summed E-state index contributed by atoms with van der Waals surface area (Å²) in [6.45, 7) is 0.414. The van der Waals surface area contributed by atoms with Gasteiger partial charge in [-0.25, -0.2) is 13.8 Å². The zero-order valence-corrected chi connectivity index (χ0v) is 10.1. The van der Waals surface area contributed by atoms with Gasteiger partial charge < -0.3 is 10.3 Å². The van der Waals surface area contributed by atoms with Crippen molar-refractivity contribution in [2.45, 2.75) is 12.8 Å². The number of imidazole rings is 1. The van der Waals surface area contributed by atoms with Crippen molar-refractivity contribution in [1.29, 1.82) is 0 Å². The van der Waals surface area contributed by atoms with Gasteiger partial charge in [-0.1, -0.05) is 0 Å². The number of hydrogen-bond acceptors (Lipinski definition) is 2. The Morgan fingerprint density at radius 2 is 2.00 bits per heavy atom. The summed E-state index contributed by atoms with van der Waals surface area (Å²) in [7, 11) is 0. The maximum Gasteiger partial charge on any atom is 0.251 e. The van der Waals surface area contributed by atoms with E-state index in [1.54, 1.807) is 12.4 Å². The molecule has 2 rings (SSSR count). The summed E-state index contributed by atoms with van der Waals surface area (Å²) in [5.74, 6) is -1.18. The predicted molar refractivity (Wildman–Crippen MR) is 65.6 cm³/mol. The van der Waals surface area contributed by atoms with Crippen LogP contribution in [-0.4, -0.2) is 22.4 Å². The molecule has 0 bridgehead atoms. The smallest absolute Gasteiger partial charge is 0.251 e. The fourth-order valence-corrected chi connectivity index (χ4v) is 1.68. The van der Waals surface area contributed by atoms with Crippen LogP contribution in [0.1, 0.15) is 22.6 Å². The molecule has 0 atom stereocenters. The molecule has 0 spiro atoms. The Kier molecular flexibility index (Phi) is 4.22. The SMILES string of the molecule is O=C(NCCCc1ncc[nH]1)c1cc(F)cc(F)c1. The number of amides is 1. The molecule has 2 aromatic rings. The number of nitrogens with zero attached hydrogens (tertiary/aromatic N) is 1. The Morgan fingerprint density at radius 1 is 1.26 bits per heavy atom. The first-order valence-electron chi connectivity index (χ1n) is 5.88. The number of hydrogen-bond donors (Lipinski definition) is 2. The third-order valence-electron chi connectivity index (χ3n) is 2.56. The number of aromatic nitrogens is 2. The molecule has 0 unspecified atom stereocenters. The molecule has 0 fully saturated rings. The standard InChI is InChI=1S/C13H13F2N3O/c14-10-6-9(7-11(15)8-10)13(19)18-3-1-2-12-16-4-5-17-12/h4-8H,1-3H2,(H,16,17)(H,18,19). The van der Waals surface area contributed by atoms with Crippen LogP contribution >= 0.6 is 0 Å². The Bertz CT molecular complexity index is 535. The van der Waals surface area contributed by atoms with Crippen molar-refractivity contribution in [2.75, 3.05) is 6.54 Å². The van der Waals surface area contributed by atoms with Crippen LogP contribution in [0, 0.1) is 11.6 Å². The van der Waals surface area contributed by atoms with E-state index in [1.807, 2.05) is 0 Å². The van der Waals surface area contributed by atoms with Crippen molar-refractivity contribution >= 4 is 5.91 Å². The molecule has 2 N–H and O–H groups in total. The maximum atomic E-state index is 12.9. The van der Waals surface area contributed by atoms with Crippen molar-refractivity contribution in [1.82, 2.24) is 15.3 Å². The maximum absolute atomic E-state index is 12.9. The summed E-state index contributed by atoms with van der Waals surface area (Å²) >= 11 is 0. The number of benzene rings is 1. The van der Waals surface area contributed by atoms with Gasteiger partial charge in [0.25, 0.3) is 5.91 Å². The van der Waals surface area contributed by atoms with Crippen LogP contribution < -0.4 is 5.32 Å². The summed E-state index contributed by atoms with van der Waals surface area (Å²) in [5, 5.41) is 2.60. The predicted octanol–water partition coefficient (Wildman–Crippen LogP) is 2.05. The van der Waals surface area contributed by atoms with Crippen molar-refractivity contribution in [3.05, 3.63) is 53.6 Å². The lowest BCUT2D eigenvalue weighted by atomic mass is 10.2. The molecule has 0 saturated heterocycles. The topological polar surface area (TPSA) is 57.8 Å². The third-order valence-corrected chi connectivity index (χ3v) is 2.56. The lowest BCUT2D eigenvalue weighted by molar-refractivity contribution is 0.0952. The van der Waals surface area contributed by atoms with Gasteiger partial charge in [0.1, 0.15) is 17.5 Å². The van der Waals surface area contributed by atoms with Gasteiger partial charge in [-0.05, 0) is 18.6 Å². The van der Waals surface area contributed by atoms with Crippen molar-refractivity contribution in [3.63, 3.8) is 0 Å². The van der Waals surface area contributed by atoms with Gasteiger partial charge >= 0.3 is 0 Å². The minimum atomic E-state index is -0.763. The van der Waals surface area contributed by atoms with Crippen LogP contribution in [0.2, 0.25) is 0 Å². The Balaban J connectivity index is 1.80. The second-order valence-corrected chi connectivity index (χ2v) is 4.05. The van der Waals surface area contributed by atoms with Gasteiger partial charge in [0.15, 0.2) is 0 Å². The van der Waals surface area contributed by atoms with E-state index in [9.17, 15) is 13.6 Å². The monoisotopic (exact) mass is 265 g/mol. The van der Waals surface area contributed by atoms with E-state index in [1.165, 1.54) is 0 Å². The van der Waals surface area contributed by atoms with Gasteiger partial charge in [0.05, 0.1) is 0 Å². The zero-order chi connectivity index (χ0) is 13.7. The summed E-state index contributed by atoms with van der Waals surface area (Å²) in [6.07, 6.45) is 4.77. The first-order valence-corrected chi connectivity index (χ1v) is 5.88. The largest absolute Gasteiger partial charge is 0.352 e. The number of halogens is 2. The van der Waals surface area contributed by atoms with Gasteiger partial charge in [-0.3, -0.25) is 4.79 Å². The van der Waals surface area contributed by atoms with Crippen LogP contribution in [0.15, 0.2) is 30.6 Å².